The van der Waals surface area contributed by atoms with Crippen LogP contribution in [0.4, 0.5) is 0 Å². The first-order chi connectivity index (χ1) is 11.1. The molecule has 23 heavy (non-hydrogen) atoms. The molecular formula is C17H19N3O3. The second-order valence-corrected chi connectivity index (χ2v) is 5.63. The number of nitrogens with zero attached hydrogens (tertiary/aromatic N) is 3. The van der Waals surface area contributed by atoms with Gasteiger partial charge in [-0.05, 0) is 24.3 Å². The van der Waals surface area contributed by atoms with Gasteiger partial charge in [-0.1, -0.05) is 0 Å². The van der Waals surface area contributed by atoms with E-state index in [-0.39, 0.29) is 6.10 Å². The Morgan fingerprint density at radius 1 is 1.17 bits per heavy atom. The summed E-state index contributed by atoms with van der Waals surface area (Å²) in [5.74, 6) is -0.107. The van der Waals surface area contributed by atoms with Crippen LogP contribution in [0, 0.1) is 0 Å². The fourth-order valence-corrected chi connectivity index (χ4v) is 2.74. The third-order valence-corrected chi connectivity index (χ3v) is 4.05. The highest BCUT2D eigenvalue weighted by molar-refractivity contribution is 6.42. The first-order valence-corrected chi connectivity index (χ1v) is 7.67. The number of likely N-dealkylation sites (tertiary alicyclic amines) is 1. The molecule has 0 aliphatic carbocycles. The highest BCUT2D eigenvalue weighted by Gasteiger charge is 2.29. The summed E-state index contributed by atoms with van der Waals surface area (Å²) in [5, 5.41) is 0. The highest BCUT2D eigenvalue weighted by atomic mass is 16.5. The van der Waals surface area contributed by atoms with Crippen molar-refractivity contribution in [3.63, 3.8) is 0 Å². The van der Waals surface area contributed by atoms with Crippen molar-refractivity contribution in [1.29, 1.82) is 0 Å². The summed E-state index contributed by atoms with van der Waals surface area (Å²) in [5.41, 5.74) is 0.421. The fraction of sp³-hybridized carbons (Fsp3) is 0.353. The average molecular weight is 313 g/mol. The van der Waals surface area contributed by atoms with Gasteiger partial charge >= 0.3 is 0 Å². The molecule has 1 fully saturated rings. The van der Waals surface area contributed by atoms with Crippen molar-refractivity contribution >= 4 is 11.7 Å². The molecule has 1 amide bonds. The van der Waals surface area contributed by atoms with Gasteiger partial charge in [0.25, 0.3) is 11.7 Å². The zero-order valence-corrected chi connectivity index (χ0v) is 13.0. The van der Waals surface area contributed by atoms with Crippen LogP contribution in [0.15, 0.2) is 42.9 Å². The number of aromatic nitrogens is 2. The van der Waals surface area contributed by atoms with Crippen LogP contribution in [0.5, 0.6) is 5.75 Å². The molecule has 0 N–H and O–H groups in total. The number of hydrogen-bond acceptors (Lipinski definition) is 4. The maximum atomic E-state index is 12.3. The Labute approximate surface area is 134 Å². The van der Waals surface area contributed by atoms with Crippen molar-refractivity contribution in [2.75, 3.05) is 13.1 Å². The van der Waals surface area contributed by atoms with Gasteiger partial charge < -0.3 is 14.2 Å². The molecule has 2 aromatic heterocycles. The Bertz CT molecular complexity index is 688. The molecule has 0 unspecified atom stereocenters. The quantitative estimate of drug-likeness (QED) is 0.636. The third-order valence-electron chi connectivity index (χ3n) is 4.05. The number of hydrogen-bond donors (Lipinski definition) is 0. The number of aryl methyl sites for hydroxylation is 1. The zero-order valence-electron chi connectivity index (χ0n) is 13.0. The van der Waals surface area contributed by atoms with Crippen molar-refractivity contribution in [2.24, 2.45) is 7.05 Å². The van der Waals surface area contributed by atoms with Crippen LogP contribution in [0.25, 0.3) is 0 Å². The fourth-order valence-electron chi connectivity index (χ4n) is 2.74. The van der Waals surface area contributed by atoms with Crippen molar-refractivity contribution in [1.82, 2.24) is 14.5 Å². The van der Waals surface area contributed by atoms with E-state index in [1.807, 2.05) is 12.1 Å². The number of pyridine rings is 1. The maximum Gasteiger partial charge on any atom is 0.296 e. The minimum Gasteiger partial charge on any atom is -0.490 e. The number of ether oxygens (including phenoxy) is 1. The molecule has 3 heterocycles. The molecule has 2 aromatic rings. The Morgan fingerprint density at radius 3 is 2.48 bits per heavy atom. The summed E-state index contributed by atoms with van der Waals surface area (Å²) in [6, 6.07) is 7.06. The molecule has 0 saturated carbocycles. The predicted octanol–water partition coefficient (Wildman–Crippen LogP) is 1.67. The summed E-state index contributed by atoms with van der Waals surface area (Å²) in [6.07, 6.45) is 6.63. The lowest BCUT2D eigenvalue weighted by Crippen LogP contribution is -2.44. The van der Waals surface area contributed by atoms with Crippen LogP contribution in [0.1, 0.15) is 23.3 Å². The predicted molar refractivity (Wildman–Crippen MR) is 84.2 cm³/mol. The summed E-state index contributed by atoms with van der Waals surface area (Å²) in [6.45, 7) is 1.06. The Balaban J connectivity index is 1.55. The first kappa shape index (κ1) is 15.3. The van der Waals surface area contributed by atoms with E-state index in [1.165, 1.54) is 0 Å². The Kier molecular flexibility index (Phi) is 4.41. The molecule has 1 aliphatic heterocycles. The van der Waals surface area contributed by atoms with Gasteiger partial charge in [0.2, 0.25) is 0 Å². The average Bonchev–Trinajstić information content (AvgIpc) is 3.01. The van der Waals surface area contributed by atoms with Gasteiger partial charge in [0, 0.05) is 51.6 Å². The lowest BCUT2D eigenvalue weighted by atomic mass is 10.1. The Morgan fingerprint density at radius 2 is 1.87 bits per heavy atom. The SMILES string of the molecule is Cn1cccc1C(=O)C(=O)N1CCC(Oc2ccncc2)CC1. The van der Waals surface area contributed by atoms with Crippen molar-refractivity contribution in [2.45, 2.75) is 18.9 Å². The summed E-state index contributed by atoms with van der Waals surface area (Å²) < 4.78 is 7.53. The van der Waals surface area contributed by atoms with Crippen LogP contribution in [0.3, 0.4) is 0 Å². The van der Waals surface area contributed by atoms with Crippen molar-refractivity contribution < 1.29 is 14.3 Å². The molecule has 0 radical (unpaired) electrons. The van der Waals surface area contributed by atoms with Crippen LogP contribution >= 0.6 is 0 Å². The van der Waals surface area contributed by atoms with Crippen LogP contribution < -0.4 is 4.74 Å². The smallest absolute Gasteiger partial charge is 0.296 e. The topological polar surface area (TPSA) is 64.4 Å². The molecule has 1 aliphatic rings. The summed E-state index contributed by atoms with van der Waals surface area (Å²) >= 11 is 0. The molecule has 6 heteroatoms. The van der Waals surface area contributed by atoms with E-state index in [1.54, 1.807) is 47.2 Å². The summed E-state index contributed by atoms with van der Waals surface area (Å²) in [7, 11) is 1.76. The second kappa shape index (κ2) is 6.64. The minimum atomic E-state index is -0.453. The van der Waals surface area contributed by atoms with Gasteiger partial charge in [0.15, 0.2) is 0 Å². The highest BCUT2D eigenvalue weighted by Crippen LogP contribution is 2.19. The third kappa shape index (κ3) is 3.41. The van der Waals surface area contributed by atoms with Crippen LogP contribution in [-0.2, 0) is 11.8 Å². The maximum absolute atomic E-state index is 12.3. The number of piperidine rings is 1. The Hall–Kier alpha value is -2.63. The largest absolute Gasteiger partial charge is 0.490 e. The lowest BCUT2D eigenvalue weighted by Gasteiger charge is -2.31. The second-order valence-electron chi connectivity index (χ2n) is 5.63. The number of Topliss-reactive ketones (excluding diaryl/α,β-unsaturated/α-hetero) is 1. The van der Waals surface area contributed by atoms with E-state index in [0.717, 1.165) is 5.75 Å². The number of rotatable bonds is 4. The van der Waals surface area contributed by atoms with Crippen molar-refractivity contribution in [3.05, 3.63) is 48.5 Å². The molecule has 0 bridgehead atoms. The monoisotopic (exact) mass is 313 g/mol. The van der Waals surface area contributed by atoms with Gasteiger partial charge in [0.1, 0.15) is 11.9 Å². The van der Waals surface area contributed by atoms with Crippen molar-refractivity contribution in [3.8, 4) is 5.75 Å². The molecule has 0 aromatic carbocycles. The van der Waals surface area contributed by atoms with Gasteiger partial charge in [-0.2, -0.15) is 0 Å². The number of carbonyl (C=O) groups excluding carboxylic acids is 2. The van der Waals surface area contributed by atoms with E-state index in [9.17, 15) is 9.59 Å². The summed E-state index contributed by atoms with van der Waals surface area (Å²) in [4.78, 5) is 30.1. The number of carbonyl (C=O) groups is 2. The number of amides is 1. The first-order valence-electron chi connectivity index (χ1n) is 7.67. The standard InChI is InChI=1S/C17H19N3O3/c1-19-10-2-3-15(19)16(21)17(22)20-11-6-14(7-12-20)23-13-4-8-18-9-5-13/h2-5,8-10,14H,6-7,11-12H2,1H3. The van der Waals surface area contributed by atoms with Gasteiger partial charge in [-0.15, -0.1) is 0 Å². The van der Waals surface area contributed by atoms with E-state index in [0.29, 0.717) is 31.6 Å². The molecular weight excluding hydrogens is 294 g/mol. The van der Waals surface area contributed by atoms with E-state index < -0.39 is 11.7 Å². The van der Waals surface area contributed by atoms with E-state index in [2.05, 4.69) is 4.98 Å². The normalized spacial score (nSPS) is 15.4. The lowest BCUT2D eigenvalue weighted by molar-refractivity contribution is -0.128. The molecule has 0 spiro atoms. The molecule has 120 valence electrons. The van der Waals surface area contributed by atoms with E-state index >= 15 is 0 Å². The molecule has 6 nitrogen and oxygen atoms in total. The minimum absolute atomic E-state index is 0.0617. The van der Waals surface area contributed by atoms with E-state index in [4.69, 9.17) is 4.74 Å². The van der Waals surface area contributed by atoms with Crippen LogP contribution in [-0.4, -0.2) is 45.3 Å². The molecule has 3 rings (SSSR count). The molecule has 1 saturated heterocycles. The van der Waals surface area contributed by atoms with Gasteiger partial charge in [0.05, 0.1) is 5.69 Å². The van der Waals surface area contributed by atoms with Gasteiger partial charge in [-0.25, -0.2) is 0 Å². The number of ketones is 1. The van der Waals surface area contributed by atoms with Gasteiger partial charge in [-0.3, -0.25) is 14.6 Å². The molecule has 0 atom stereocenters. The van der Waals surface area contributed by atoms with Crippen LogP contribution in [0.2, 0.25) is 0 Å². The zero-order chi connectivity index (χ0) is 16.2.